The number of amides is 1. The molecule has 130 valence electrons. The highest BCUT2D eigenvalue weighted by Gasteiger charge is 2.02. The summed E-state index contributed by atoms with van der Waals surface area (Å²) < 4.78 is 5.51. The van der Waals surface area contributed by atoms with Crippen molar-refractivity contribution >= 4 is 23.6 Å². The number of hydrogen-bond donors (Lipinski definition) is 2. The summed E-state index contributed by atoms with van der Waals surface area (Å²) in [6.07, 6.45) is 4.09. The van der Waals surface area contributed by atoms with E-state index in [-0.39, 0.29) is 12.3 Å². The van der Waals surface area contributed by atoms with E-state index in [4.69, 9.17) is 9.84 Å². The van der Waals surface area contributed by atoms with Crippen LogP contribution in [-0.2, 0) is 16.0 Å². The van der Waals surface area contributed by atoms with E-state index in [1.807, 2.05) is 24.3 Å². The number of hydrogen-bond acceptors (Lipinski definition) is 3. The molecule has 0 heterocycles. The molecule has 0 aromatic heterocycles. The van der Waals surface area contributed by atoms with Crippen LogP contribution in [0.5, 0.6) is 5.75 Å². The molecule has 25 heavy (non-hydrogen) atoms. The molecular formula is C20H21NO4. The summed E-state index contributed by atoms with van der Waals surface area (Å²) in [7, 11) is 0. The summed E-state index contributed by atoms with van der Waals surface area (Å²) >= 11 is 0. The van der Waals surface area contributed by atoms with Gasteiger partial charge in [-0.15, -0.1) is 0 Å². The molecule has 0 unspecified atom stereocenters. The van der Waals surface area contributed by atoms with Crippen LogP contribution < -0.4 is 10.1 Å². The maximum absolute atomic E-state index is 11.9. The number of benzene rings is 2. The Balaban J connectivity index is 1.88. The van der Waals surface area contributed by atoms with Gasteiger partial charge in [0.1, 0.15) is 5.75 Å². The van der Waals surface area contributed by atoms with Gasteiger partial charge in [-0.05, 0) is 47.9 Å². The molecule has 0 saturated heterocycles. The average Bonchev–Trinajstić information content (AvgIpc) is 2.60. The van der Waals surface area contributed by atoms with Gasteiger partial charge in [-0.25, -0.2) is 0 Å². The third-order valence-electron chi connectivity index (χ3n) is 3.36. The summed E-state index contributed by atoms with van der Waals surface area (Å²) in [5.74, 6) is -0.326. The molecule has 0 atom stereocenters. The van der Waals surface area contributed by atoms with E-state index in [1.54, 1.807) is 30.3 Å². The average molecular weight is 339 g/mol. The van der Waals surface area contributed by atoms with Gasteiger partial charge in [-0.2, -0.15) is 0 Å². The van der Waals surface area contributed by atoms with Crippen molar-refractivity contribution in [3.8, 4) is 5.75 Å². The van der Waals surface area contributed by atoms with Crippen molar-refractivity contribution in [2.45, 2.75) is 19.8 Å². The number of carboxylic acids is 1. The maximum atomic E-state index is 11.9. The molecule has 0 spiro atoms. The first kappa shape index (κ1) is 18.3. The van der Waals surface area contributed by atoms with Crippen molar-refractivity contribution in [2.75, 3.05) is 11.9 Å². The molecule has 2 aromatic carbocycles. The Morgan fingerprint density at radius 2 is 1.76 bits per heavy atom. The van der Waals surface area contributed by atoms with E-state index in [0.717, 1.165) is 17.7 Å². The summed E-state index contributed by atoms with van der Waals surface area (Å²) in [6.45, 7) is 2.73. The molecule has 0 saturated carbocycles. The normalized spacial score (nSPS) is 10.6. The first-order valence-corrected chi connectivity index (χ1v) is 8.09. The quantitative estimate of drug-likeness (QED) is 0.718. The van der Waals surface area contributed by atoms with Gasteiger partial charge in [-0.3, -0.25) is 9.59 Å². The second kappa shape index (κ2) is 9.27. The highest BCUT2D eigenvalue weighted by Crippen LogP contribution is 2.14. The predicted octanol–water partition coefficient (Wildman–Crippen LogP) is 3.75. The van der Waals surface area contributed by atoms with Crippen LogP contribution in [0.25, 0.3) is 6.08 Å². The van der Waals surface area contributed by atoms with E-state index < -0.39 is 5.97 Å². The minimum atomic E-state index is -0.883. The minimum Gasteiger partial charge on any atom is -0.494 e. The first-order chi connectivity index (χ1) is 12.1. The number of nitrogens with one attached hydrogen (secondary N) is 1. The van der Waals surface area contributed by atoms with Crippen molar-refractivity contribution in [1.82, 2.24) is 0 Å². The Kier molecular flexibility index (Phi) is 6.77. The summed E-state index contributed by atoms with van der Waals surface area (Å²) in [5.41, 5.74) is 2.20. The van der Waals surface area contributed by atoms with Crippen molar-refractivity contribution in [3.05, 3.63) is 65.7 Å². The van der Waals surface area contributed by atoms with Gasteiger partial charge in [0.05, 0.1) is 13.0 Å². The van der Waals surface area contributed by atoms with Gasteiger partial charge in [0.15, 0.2) is 0 Å². The Morgan fingerprint density at radius 3 is 2.36 bits per heavy atom. The van der Waals surface area contributed by atoms with E-state index in [2.05, 4.69) is 12.2 Å². The predicted molar refractivity (Wildman–Crippen MR) is 97.7 cm³/mol. The van der Waals surface area contributed by atoms with Crippen LogP contribution in [0.1, 0.15) is 24.5 Å². The Labute approximate surface area is 146 Å². The van der Waals surface area contributed by atoms with E-state index in [9.17, 15) is 9.59 Å². The molecule has 0 aliphatic heterocycles. The maximum Gasteiger partial charge on any atom is 0.307 e. The zero-order chi connectivity index (χ0) is 18.1. The van der Waals surface area contributed by atoms with Crippen LogP contribution in [0.4, 0.5) is 5.69 Å². The fraction of sp³-hybridized carbons (Fsp3) is 0.200. The minimum absolute atomic E-state index is 0.0356. The summed E-state index contributed by atoms with van der Waals surface area (Å²) in [4.78, 5) is 22.6. The molecule has 0 aliphatic rings. The highest BCUT2D eigenvalue weighted by atomic mass is 16.5. The van der Waals surface area contributed by atoms with Gasteiger partial charge in [0, 0.05) is 11.8 Å². The highest BCUT2D eigenvalue weighted by molar-refractivity contribution is 6.01. The van der Waals surface area contributed by atoms with Crippen LogP contribution in [0.2, 0.25) is 0 Å². The molecule has 0 aliphatic carbocycles. The summed E-state index contributed by atoms with van der Waals surface area (Å²) in [5, 5.41) is 11.5. The van der Waals surface area contributed by atoms with Gasteiger partial charge in [0.2, 0.25) is 5.91 Å². The number of carbonyl (C=O) groups is 2. The lowest BCUT2D eigenvalue weighted by molar-refractivity contribution is -0.136. The van der Waals surface area contributed by atoms with Crippen LogP contribution in [0.15, 0.2) is 54.6 Å². The molecule has 1 amide bonds. The Hall–Kier alpha value is -3.08. The first-order valence-electron chi connectivity index (χ1n) is 8.09. The van der Waals surface area contributed by atoms with Crippen LogP contribution in [-0.4, -0.2) is 23.6 Å². The van der Waals surface area contributed by atoms with Gasteiger partial charge < -0.3 is 15.2 Å². The van der Waals surface area contributed by atoms with E-state index >= 15 is 0 Å². The van der Waals surface area contributed by atoms with Crippen molar-refractivity contribution in [3.63, 3.8) is 0 Å². The molecule has 0 fully saturated rings. The third-order valence-corrected chi connectivity index (χ3v) is 3.36. The largest absolute Gasteiger partial charge is 0.494 e. The van der Waals surface area contributed by atoms with Gasteiger partial charge >= 0.3 is 5.97 Å². The zero-order valence-electron chi connectivity index (χ0n) is 14.1. The molecule has 0 radical (unpaired) electrons. The molecule has 2 rings (SSSR count). The second-order valence-electron chi connectivity index (χ2n) is 5.51. The SMILES string of the molecule is CCCOc1ccc(/C=C/C(=O)Nc2ccc(CC(=O)O)cc2)cc1. The topological polar surface area (TPSA) is 75.6 Å². The standard InChI is InChI=1S/C20H21NO4/c1-2-13-25-18-10-5-15(6-11-18)7-12-19(22)21-17-8-3-16(4-9-17)14-20(23)24/h3-12H,2,13-14H2,1H3,(H,21,22)(H,23,24)/b12-7+. The molecule has 2 N–H and O–H groups in total. The molecule has 0 bridgehead atoms. The number of carboxylic acid groups (broad SMARTS) is 1. The third kappa shape index (κ3) is 6.51. The number of rotatable bonds is 8. The fourth-order valence-electron chi connectivity index (χ4n) is 2.13. The molecule has 5 heteroatoms. The lowest BCUT2D eigenvalue weighted by Gasteiger charge is -2.04. The Morgan fingerprint density at radius 1 is 1.08 bits per heavy atom. The number of ether oxygens (including phenoxy) is 1. The molecular weight excluding hydrogens is 318 g/mol. The number of carbonyl (C=O) groups excluding carboxylic acids is 1. The molecule has 2 aromatic rings. The van der Waals surface area contributed by atoms with Crippen molar-refractivity contribution in [1.29, 1.82) is 0 Å². The second-order valence-corrected chi connectivity index (χ2v) is 5.51. The number of aliphatic carboxylic acids is 1. The monoisotopic (exact) mass is 339 g/mol. The zero-order valence-corrected chi connectivity index (χ0v) is 14.1. The number of anilines is 1. The van der Waals surface area contributed by atoms with Crippen molar-refractivity contribution in [2.24, 2.45) is 0 Å². The smallest absolute Gasteiger partial charge is 0.307 e. The Bertz CT molecular complexity index is 733. The fourth-order valence-corrected chi connectivity index (χ4v) is 2.13. The van der Waals surface area contributed by atoms with Crippen LogP contribution in [0, 0.1) is 0 Å². The lowest BCUT2D eigenvalue weighted by atomic mass is 10.1. The summed E-state index contributed by atoms with van der Waals surface area (Å²) in [6, 6.07) is 14.2. The molecule has 5 nitrogen and oxygen atoms in total. The van der Waals surface area contributed by atoms with E-state index in [1.165, 1.54) is 6.08 Å². The van der Waals surface area contributed by atoms with Crippen molar-refractivity contribution < 1.29 is 19.4 Å². The van der Waals surface area contributed by atoms with Crippen LogP contribution >= 0.6 is 0 Å². The van der Waals surface area contributed by atoms with Crippen LogP contribution in [0.3, 0.4) is 0 Å². The van der Waals surface area contributed by atoms with Gasteiger partial charge in [0.25, 0.3) is 0 Å². The lowest BCUT2D eigenvalue weighted by Crippen LogP contribution is -2.08. The van der Waals surface area contributed by atoms with E-state index in [0.29, 0.717) is 17.9 Å². The van der Waals surface area contributed by atoms with Gasteiger partial charge in [-0.1, -0.05) is 31.2 Å².